The van der Waals surface area contributed by atoms with E-state index in [1.165, 1.54) is 19.3 Å². The maximum atomic E-state index is 12.4. The third-order valence-electron chi connectivity index (χ3n) is 4.58. The van der Waals surface area contributed by atoms with E-state index in [0.717, 1.165) is 43.6 Å². The molecule has 0 spiro atoms. The molecule has 1 aliphatic carbocycles. The minimum Gasteiger partial charge on any atom is -0.384 e. The molecule has 1 N–H and O–H groups in total. The number of nitrogens with one attached hydrogen (secondary N) is 1. The Balaban J connectivity index is 1.62. The quantitative estimate of drug-likeness (QED) is 0.917. The Morgan fingerprint density at radius 1 is 1.35 bits per heavy atom. The van der Waals surface area contributed by atoms with Crippen molar-refractivity contribution in [3.05, 3.63) is 24.0 Å². The van der Waals surface area contributed by atoms with E-state index in [0.29, 0.717) is 5.69 Å². The number of fused-ring (bicyclic) bond motifs is 1. The summed E-state index contributed by atoms with van der Waals surface area (Å²) >= 11 is 0. The van der Waals surface area contributed by atoms with E-state index >= 15 is 0 Å². The Hall–Kier alpha value is -1.58. The van der Waals surface area contributed by atoms with Crippen LogP contribution in [0.4, 0.5) is 5.69 Å². The van der Waals surface area contributed by atoms with Gasteiger partial charge in [0, 0.05) is 19.6 Å². The second-order valence-electron chi connectivity index (χ2n) is 6.02. The van der Waals surface area contributed by atoms with Crippen LogP contribution in [0.3, 0.4) is 0 Å². The molecular weight excluding hydrogens is 250 g/mol. The third kappa shape index (κ3) is 2.65. The first-order valence-corrected chi connectivity index (χ1v) is 7.77. The minimum absolute atomic E-state index is 0.0986. The van der Waals surface area contributed by atoms with Crippen molar-refractivity contribution in [2.24, 2.45) is 11.8 Å². The van der Waals surface area contributed by atoms with E-state index in [1.807, 2.05) is 17.0 Å². The molecule has 1 aromatic rings. The normalized spacial score (nSPS) is 24.8. The highest BCUT2D eigenvalue weighted by atomic mass is 16.2. The molecule has 20 heavy (non-hydrogen) atoms. The van der Waals surface area contributed by atoms with Crippen LogP contribution in [0.25, 0.3) is 0 Å². The predicted molar refractivity (Wildman–Crippen MR) is 79.8 cm³/mol. The van der Waals surface area contributed by atoms with E-state index < -0.39 is 0 Å². The molecule has 1 aliphatic heterocycles. The van der Waals surface area contributed by atoms with Crippen LogP contribution >= 0.6 is 0 Å². The Kier molecular flexibility index (Phi) is 3.90. The fourth-order valence-corrected chi connectivity index (χ4v) is 3.46. The van der Waals surface area contributed by atoms with Gasteiger partial charge in [0.1, 0.15) is 5.69 Å². The van der Waals surface area contributed by atoms with Gasteiger partial charge in [-0.2, -0.15) is 0 Å². The van der Waals surface area contributed by atoms with Gasteiger partial charge >= 0.3 is 0 Å². The summed E-state index contributed by atoms with van der Waals surface area (Å²) in [5.74, 6) is 1.58. The van der Waals surface area contributed by atoms with Crippen LogP contribution in [0.2, 0.25) is 0 Å². The summed E-state index contributed by atoms with van der Waals surface area (Å²) in [6.45, 7) is 4.93. The van der Waals surface area contributed by atoms with Gasteiger partial charge in [-0.15, -0.1) is 0 Å². The van der Waals surface area contributed by atoms with Crippen LogP contribution in [-0.4, -0.2) is 35.4 Å². The molecule has 0 radical (unpaired) electrons. The number of carbonyl (C=O) groups excluding carboxylic acids is 1. The van der Waals surface area contributed by atoms with E-state index in [1.54, 1.807) is 6.20 Å². The van der Waals surface area contributed by atoms with Gasteiger partial charge in [-0.25, -0.2) is 4.98 Å². The van der Waals surface area contributed by atoms with Gasteiger partial charge < -0.3 is 10.2 Å². The number of rotatable bonds is 4. The monoisotopic (exact) mass is 273 g/mol. The lowest BCUT2D eigenvalue weighted by molar-refractivity contribution is 0.0775. The van der Waals surface area contributed by atoms with Crippen LogP contribution in [0.5, 0.6) is 0 Å². The van der Waals surface area contributed by atoms with E-state index in [2.05, 4.69) is 17.2 Å². The van der Waals surface area contributed by atoms with Crippen LogP contribution in [-0.2, 0) is 0 Å². The molecule has 2 heterocycles. The van der Waals surface area contributed by atoms with Crippen LogP contribution in [0.15, 0.2) is 18.3 Å². The second kappa shape index (κ2) is 5.81. The molecule has 4 heteroatoms. The number of carbonyl (C=O) groups is 1. The van der Waals surface area contributed by atoms with Crippen molar-refractivity contribution in [3.63, 3.8) is 0 Å². The molecule has 1 amide bonds. The molecule has 0 bridgehead atoms. The minimum atomic E-state index is 0.0986. The average molecular weight is 273 g/mol. The zero-order chi connectivity index (χ0) is 13.9. The maximum Gasteiger partial charge on any atom is 0.272 e. The lowest BCUT2D eigenvalue weighted by atomic mass is 10.0. The molecule has 2 aliphatic rings. The molecule has 1 aromatic heterocycles. The highest BCUT2D eigenvalue weighted by Crippen LogP contribution is 2.38. The summed E-state index contributed by atoms with van der Waals surface area (Å²) in [5, 5.41) is 3.27. The molecule has 2 atom stereocenters. The van der Waals surface area contributed by atoms with Crippen LogP contribution in [0, 0.1) is 11.8 Å². The first kappa shape index (κ1) is 13.4. The fraction of sp³-hybridized carbons (Fsp3) is 0.625. The number of anilines is 1. The van der Waals surface area contributed by atoms with Gasteiger partial charge in [0.05, 0.1) is 11.9 Å². The van der Waals surface area contributed by atoms with Crippen molar-refractivity contribution >= 4 is 11.6 Å². The molecule has 2 fully saturated rings. The second-order valence-corrected chi connectivity index (χ2v) is 6.02. The Morgan fingerprint density at radius 3 is 2.70 bits per heavy atom. The lowest BCUT2D eigenvalue weighted by Gasteiger charge is -2.17. The number of aromatic nitrogens is 1. The highest BCUT2D eigenvalue weighted by Gasteiger charge is 2.38. The maximum absolute atomic E-state index is 12.4. The van der Waals surface area contributed by atoms with Gasteiger partial charge in [-0.05, 0) is 43.2 Å². The summed E-state index contributed by atoms with van der Waals surface area (Å²) in [5.41, 5.74) is 1.56. The molecule has 0 aromatic carbocycles. The first-order valence-electron chi connectivity index (χ1n) is 7.77. The summed E-state index contributed by atoms with van der Waals surface area (Å²) in [6, 6.07) is 3.79. The highest BCUT2D eigenvalue weighted by molar-refractivity contribution is 5.92. The van der Waals surface area contributed by atoms with Crippen molar-refractivity contribution in [1.29, 1.82) is 0 Å². The standard InChI is InChI=1S/C16H23N3O/c1-2-8-17-14-6-7-15(18-9-14)16(20)19-10-12-4-3-5-13(12)11-19/h6-7,9,12-13,17H,2-5,8,10-11H2,1H3. The van der Waals surface area contributed by atoms with Gasteiger partial charge in [0.25, 0.3) is 5.91 Å². The van der Waals surface area contributed by atoms with Gasteiger partial charge in [-0.3, -0.25) is 4.79 Å². The molecular formula is C16H23N3O. The zero-order valence-corrected chi connectivity index (χ0v) is 12.1. The lowest BCUT2D eigenvalue weighted by Crippen LogP contribution is -2.30. The number of hydrogen-bond donors (Lipinski definition) is 1. The number of pyridine rings is 1. The predicted octanol–water partition coefficient (Wildman–Crippen LogP) is 2.78. The summed E-state index contributed by atoms with van der Waals surface area (Å²) in [4.78, 5) is 18.8. The molecule has 2 unspecified atom stereocenters. The molecule has 4 nitrogen and oxygen atoms in total. The van der Waals surface area contributed by atoms with Gasteiger partial charge in [0.2, 0.25) is 0 Å². The van der Waals surface area contributed by atoms with Crippen molar-refractivity contribution in [2.45, 2.75) is 32.6 Å². The third-order valence-corrected chi connectivity index (χ3v) is 4.58. The summed E-state index contributed by atoms with van der Waals surface area (Å²) < 4.78 is 0. The van der Waals surface area contributed by atoms with Gasteiger partial charge in [-0.1, -0.05) is 13.3 Å². The SMILES string of the molecule is CCCNc1ccc(C(=O)N2CC3CCCC3C2)nc1. The van der Waals surface area contributed by atoms with Crippen molar-refractivity contribution in [3.8, 4) is 0 Å². The van der Waals surface area contributed by atoms with Crippen molar-refractivity contribution < 1.29 is 4.79 Å². The van der Waals surface area contributed by atoms with Crippen molar-refractivity contribution in [2.75, 3.05) is 25.0 Å². The number of hydrogen-bond acceptors (Lipinski definition) is 3. The first-order chi connectivity index (χ1) is 9.78. The largest absolute Gasteiger partial charge is 0.384 e. The molecule has 108 valence electrons. The summed E-state index contributed by atoms with van der Waals surface area (Å²) in [7, 11) is 0. The molecule has 1 saturated carbocycles. The van der Waals surface area contributed by atoms with E-state index in [-0.39, 0.29) is 5.91 Å². The fourth-order valence-electron chi connectivity index (χ4n) is 3.46. The van der Waals surface area contributed by atoms with Gasteiger partial charge in [0.15, 0.2) is 0 Å². The smallest absolute Gasteiger partial charge is 0.272 e. The molecule has 1 saturated heterocycles. The Morgan fingerprint density at radius 2 is 2.10 bits per heavy atom. The topological polar surface area (TPSA) is 45.2 Å². The number of nitrogens with zero attached hydrogens (tertiary/aromatic N) is 2. The molecule has 3 rings (SSSR count). The van der Waals surface area contributed by atoms with E-state index in [4.69, 9.17) is 0 Å². The number of likely N-dealkylation sites (tertiary alicyclic amines) is 1. The number of amides is 1. The van der Waals surface area contributed by atoms with Crippen LogP contribution < -0.4 is 5.32 Å². The van der Waals surface area contributed by atoms with Crippen LogP contribution in [0.1, 0.15) is 43.1 Å². The average Bonchev–Trinajstić information content (AvgIpc) is 3.06. The van der Waals surface area contributed by atoms with E-state index in [9.17, 15) is 4.79 Å². The summed E-state index contributed by atoms with van der Waals surface area (Å²) in [6.07, 6.45) is 6.77. The van der Waals surface area contributed by atoms with Crippen molar-refractivity contribution in [1.82, 2.24) is 9.88 Å². The Labute approximate surface area is 120 Å². The zero-order valence-electron chi connectivity index (χ0n) is 12.1. The Bertz CT molecular complexity index is 459.